The largest absolute Gasteiger partial charge is 0.469 e. The number of ether oxygens (including phenoxy) is 1. The first-order valence-corrected chi connectivity index (χ1v) is 6.26. The summed E-state index contributed by atoms with van der Waals surface area (Å²) in [6, 6.07) is 11.6. The summed E-state index contributed by atoms with van der Waals surface area (Å²) in [5.74, 6) is -0.331. The van der Waals surface area contributed by atoms with Gasteiger partial charge in [0.05, 0.1) is 13.2 Å². The van der Waals surface area contributed by atoms with E-state index >= 15 is 0 Å². The van der Waals surface area contributed by atoms with Crippen LogP contribution >= 0.6 is 0 Å². The number of carbonyl (C=O) groups excluding carboxylic acids is 1. The van der Waals surface area contributed by atoms with Gasteiger partial charge in [0, 0.05) is 19.1 Å². The van der Waals surface area contributed by atoms with Crippen LogP contribution < -0.4 is 0 Å². The Hall–Kier alpha value is -2.15. The van der Waals surface area contributed by atoms with Gasteiger partial charge in [-0.2, -0.15) is 5.26 Å². The summed E-state index contributed by atoms with van der Waals surface area (Å²) in [4.78, 5) is 15.7. The fraction of sp³-hybridized carbons (Fsp3) is 0.400. The molecule has 0 radical (unpaired) electrons. The Balaban J connectivity index is 3.06. The molecule has 4 heteroatoms. The Bertz CT molecular complexity index is 477. The molecule has 0 saturated heterocycles. The third-order valence-electron chi connectivity index (χ3n) is 2.85. The van der Waals surface area contributed by atoms with Crippen molar-refractivity contribution < 1.29 is 9.53 Å². The lowest BCUT2D eigenvalue weighted by molar-refractivity contribution is -0.140. The number of hydrogen-bond donors (Lipinski definition) is 0. The van der Waals surface area contributed by atoms with Gasteiger partial charge in [0.1, 0.15) is 0 Å². The Morgan fingerprint density at radius 3 is 2.68 bits per heavy atom. The molecule has 0 aliphatic carbocycles. The molecule has 0 aromatic heterocycles. The maximum atomic E-state index is 11.3. The number of benzene rings is 1. The minimum absolute atomic E-state index is 0.167. The molecule has 0 bridgehead atoms. The van der Waals surface area contributed by atoms with Gasteiger partial charge in [-0.25, -0.2) is 0 Å². The summed E-state index contributed by atoms with van der Waals surface area (Å²) in [6.45, 7) is 1.96. The standard InChI is InChI=1S/C15H18N2O2/c1-3-11-17-15(12-16,10-9-14(18)19-2)13-7-5-4-6-8-13/h4-8,11H,3,9-10H2,1-2H3. The van der Waals surface area contributed by atoms with E-state index in [1.165, 1.54) is 7.11 Å². The van der Waals surface area contributed by atoms with Crippen LogP contribution in [0.25, 0.3) is 0 Å². The monoisotopic (exact) mass is 258 g/mol. The van der Waals surface area contributed by atoms with E-state index in [0.29, 0.717) is 6.42 Å². The van der Waals surface area contributed by atoms with Gasteiger partial charge in [-0.1, -0.05) is 37.3 Å². The second-order valence-corrected chi connectivity index (χ2v) is 4.13. The van der Waals surface area contributed by atoms with Crippen LogP contribution in [0, 0.1) is 11.3 Å². The molecule has 0 aliphatic rings. The van der Waals surface area contributed by atoms with E-state index in [4.69, 9.17) is 0 Å². The molecule has 1 atom stereocenters. The van der Waals surface area contributed by atoms with Crippen LogP contribution in [0.4, 0.5) is 0 Å². The van der Waals surface area contributed by atoms with Gasteiger partial charge in [-0.15, -0.1) is 0 Å². The molecule has 0 fully saturated rings. The minimum atomic E-state index is -1.01. The van der Waals surface area contributed by atoms with E-state index in [1.54, 1.807) is 6.21 Å². The van der Waals surface area contributed by atoms with Crippen molar-refractivity contribution in [2.45, 2.75) is 31.7 Å². The quantitative estimate of drug-likeness (QED) is 0.582. The third-order valence-corrected chi connectivity index (χ3v) is 2.85. The number of nitriles is 1. The molecule has 4 nitrogen and oxygen atoms in total. The lowest BCUT2D eigenvalue weighted by atomic mass is 9.87. The molecule has 1 aromatic rings. The minimum Gasteiger partial charge on any atom is -0.469 e. The maximum absolute atomic E-state index is 11.3. The molecule has 19 heavy (non-hydrogen) atoms. The SMILES string of the molecule is CCC=NC(C#N)(CCC(=O)OC)c1ccccc1. The maximum Gasteiger partial charge on any atom is 0.305 e. The van der Waals surface area contributed by atoms with Gasteiger partial charge in [-0.05, 0) is 12.0 Å². The number of hydrogen-bond acceptors (Lipinski definition) is 4. The van der Waals surface area contributed by atoms with Crippen LogP contribution in [0.5, 0.6) is 0 Å². The van der Waals surface area contributed by atoms with Gasteiger partial charge >= 0.3 is 5.97 Å². The van der Waals surface area contributed by atoms with Crippen molar-refractivity contribution in [3.8, 4) is 6.07 Å². The van der Waals surface area contributed by atoms with E-state index in [2.05, 4.69) is 15.8 Å². The first-order chi connectivity index (χ1) is 9.18. The van der Waals surface area contributed by atoms with Crippen molar-refractivity contribution in [2.75, 3.05) is 7.11 Å². The van der Waals surface area contributed by atoms with Crippen LogP contribution in [0.1, 0.15) is 31.7 Å². The normalized spacial score (nSPS) is 13.7. The Morgan fingerprint density at radius 1 is 1.47 bits per heavy atom. The first-order valence-electron chi connectivity index (χ1n) is 6.26. The highest BCUT2D eigenvalue weighted by Crippen LogP contribution is 2.30. The molecule has 1 aromatic carbocycles. The smallest absolute Gasteiger partial charge is 0.305 e. The first kappa shape index (κ1) is 14.9. The number of carbonyl (C=O) groups is 1. The zero-order valence-corrected chi connectivity index (χ0v) is 11.3. The molecule has 0 aliphatic heterocycles. The Morgan fingerprint density at radius 2 is 2.16 bits per heavy atom. The fourth-order valence-electron chi connectivity index (χ4n) is 1.78. The van der Waals surface area contributed by atoms with Gasteiger partial charge in [0.2, 0.25) is 0 Å². The van der Waals surface area contributed by atoms with Crippen molar-refractivity contribution in [3.63, 3.8) is 0 Å². The number of methoxy groups -OCH3 is 1. The Labute approximate surface area is 113 Å². The van der Waals surface area contributed by atoms with Crippen molar-refractivity contribution in [1.29, 1.82) is 5.26 Å². The van der Waals surface area contributed by atoms with E-state index in [1.807, 2.05) is 37.3 Å². The average molecular weight is 258 g/mol. The molecule has 0 heterocycles. The number of rotatable bonds is 6. The van der Waals surface area contributed by atoms with Crippen molar-refractivity contribution in [1.82, 2.24) is 0 Å². The summed E-state index contributed by atoms with van der Waals surface area (Å²) in [5, 5.41) is 9.53. The van der Waals surface area contributed by atoms with Crippen LogP contribution in [0.3, 0.4) is 0 Å². The fourth-order valence-corrected chi connectivity index (χ4v) is 1.78. The zero-order valence-electron chi connectivity index (χ0n) is 11.3. The topological polar surface area (TPSA) is 62.5 Å². The summed E-state index contributed by atoms with van der Waals surface area (Å²) < 4.78 is 4.63. The van der Waals surface area contributed by atoms with Gasteiger partial charge in [0.15, 0.2) is 5.54 Å². The molecule has 0 amide bonds. The number of nitrogens with zero attached hydrogens (tertiary/aromatic N) is 2. The highest BCUT2D eigenvalue weighted by Gasteiger charge is 2.31. The van der Waals surface area contributed by atoms with Crippen LogP contribution in [0.2, 0.25) is 0 Å². The number of aliphatic imine (C=N–C) groups is 1. The van der Waals surface area contributed by atoms with Crippen LogP contribution in [-0.4, -0.2) is 19.3 Å². The molecule has 0 spiro atoms. The second-order valence-electron chi connectivity index (χ2n) is 4.13. The van der Waals surface area contributed by atoms with E-state index < -0.39 is 5.54 Å². The van der Waals surface area contributed by atoms with Gasteiger partial charge in [-0.3, -0.25) is 9.79 Å². The predicted octanol–water partition coefficient (Wildman–Crippen LogP) is 2.84. The summed E-state index contributed by atoms with van der Waals surface area (Å²) in [6.07, 6.45) is 2.94. The molecular weight excluding hydrogens is 240 g/mol. The van der Waals surface area contributed by atoms with E-state index in [0.717, 1.165) is 12.0 Å². The predicted molar refractivity (Wildman–Crippen MR) is 73.8 cm³/mol. The molecule has 100 valence electrons. The van der Waals surface area contributed by atoms with Crippen molar-refractivity contribution >= 4 is 12.2 Å². The molecule has 1 rings (SSSR count). The zero-order chi connectivity index (χ0) is 14.1. The van der Waals surface area contributed by atoms with E-state index in [-0.39, 0.29) is 12.4 Å². The lowest BCUT2D eigenvalue weighted by Gasteiger charge is -2.22. The van der Waals surface area contributed by atoms with E-state index in [9.17, 15) is 10.1 Å². The van der Waals surface area contributed by atoms with Gasteiger partial charge in [0.25, 0.3) is 0 Å². The molecule has 1 unspecified atom stereocenters. The van der Waals surface area contributed by atoms with Crippen molar-refractivity contribution in [2.24, 2.45) is 4.99 Å². The summed E-state index contributed by atoms with van der Waals surface area (Å²) >= 11 is 0. The molecule has 0 saturated carbocycles. The highest BCUT2D eigenvalue weighted by atomic mass is 16.5. The summed E-state index contributed by atoms with van der Waals surface area (Å²) in [5.41, 5.74) is -0.211. The van der Waals surface area contributed by atoms with Crippen LogP contribution in [-0.2, 0) is 15.1 Å². The lowest BCUT2D eigenvalue weighted by Crippen LogP contribution is -2.23. The summed E-state index contributed by atoms with van der Waals surface area (Å²) in [7, 11) is 1.34. The van der Waals surface area contributed by atoms with Crippen molar-refractivity contribution in [3.05, 3.63) is 35.9 Å². The average Bonchev–Trinajstić information content (AvgIpc) is 2.48. The molecular formula is C15H18N2O2. The second kappa shape index (κ2) is 7.32. The van der Waals surface area contributed by atoms with Crippen LogP contribution in [0.15, 0.2) is 35.3 Å². The number of esters is 1. The van der Waals surface area contributed by atoms with Gasteiger partial charge < -0.3 is 4.74 Å². The molecule has 0 N–H and O–H groups in total. The highest BCUT2D eigenvalue weighted by molar-refractivity contribution is 5.69. The Kier molecular flexibility index (Phi) is 5.74. The third kappa shape index (κ3) is 3.92.